The molecule has 0 radical (unpaired) electrons. The van der Waals surface area contributed by atoms with E-state index in [1.165, 1.54) is 42.6 Å². The first-order valence-corrected chi connectivity index (χ1v) is 27.0. The second-order valence-electron chi connectivity index (χ2n) is 18.7. The molecule has 0 spiro atoms. The summed E-state index contributed by atoms with van der Waals surface area (Å²) in [5.41, 5.74) is 10.9. The van der Waals surface area contributed by atoms with E-state index in [1.54, 1.807) is 0 Å². The standard InChI is InChI=1S/C59H48N2O2SSi/c1-36(2)64-42-27-23-40(24-28-42)60(50-17-11-15-46-44-13-7-9-19-54(44)62-58(46)50)52-35-53(49-32-22-39-34-37(3)33-38-21-31-48(52)57(49)56(38)39)61(41-25-29-43(30-26-41)65(4,5)6)51-18-12-16-47-45-14-8-10-20-55(45)63-59(47)51/h7-36H,1-6H3. The van der Waals surface area contributed by atoms with Crippen molar-refractivity contribution in [2.75, 3.05) is 9.80 Å². The van der Waals surface area contributed by atoms with Crippen molar-refractivity contribution >= 4 is 135 Å². The average molecular weight is 877 g/mol. The van der Waals surface area contributed by atoms with Crippen LogP contribution in [0.15, 0.2) is 190 Å². The second kappa shape index (κ2) is 15.0. The Morgan fingerprint density at radius 1 is 0.446 bits per heavy atom. The molecule has 0 bridgehead atoms. The first-order chi connectivity index (χ1) is 31.6. The maximum Gasteiger partial charge on any atom is 0.159 e. The minimum atomic E-state index is -1.61. The number of aryl methyl sites for hydroxylation is 1. The molecule has 316 valence electrons. The maximum absolute atomic E-state index is 6.90. The quantitative estimate of drug-likeness (QED) is 0.0819. The summed E-state index contributed by atoms with van der Waals surface area (Å²) < 4.78 is 13.8. The fourth-order valence-corrected chi connectivity index (χ4v) is 12.1. The van der Waals surface area contributed by atoms with E-state index in [9.17, 15) is 0 Å². The second-order valence-corrected chi connectivity index (χ2v) is 25.5. The first-order valence-electron chi connectivity index (χ1n) is 22.6. The molecular weight excluding hydrogens is 829 g/mol. The van der Waals surface area contributed by atoms with Gasteiger partial charge >= 0.3 is 0 Å². The van der Waals surface area contributed by atoms with Crippen molar-refractivity contribution in [2.45, 2.75) is 50.6 Å². The molecule has 12 aromatic rings. The highest BCUT2D eigenvalue weighted by Crippen LogP contribution is 2.53. The van der Waals surface area contributed by atoms with Gasteiger partial charge in [0.25, 0.3) is 0 Å². The lowest BCUT2D eigenvalue weighted by Gasteiger charge is -2.32. The Morgan fingerprint density at radius 3 is 1.42 bits per heavy atom. The molecule has 0 saturated carbocycles. The molecule has 2 heterocycles. The zero-order chi connectivity index (χ0) is 44.1. The van der Waals surface area contributed by atoms with Gasteiger partial charge in [-0.2, -0.15) is 0 Å². The monoisotopic (exact) mass is 876 g/mol. The van der Waals surface area contributed by atoms with E-state index >= 15 is 0 Å². The van der Waals surface area contributed by atoms with Crippen molar-refractivity contribution in [3.8, 4) is 0 Å². The zero-order valence-corrected chi connectivity index (χ0v) is 39.3. The number of furan rings is 2. The van der Waals surface area contributed by atoms with E-state index in [0.717, 1.165) is 83.4 Å². The minimum absolute atomic E-state index is 0.465. The van der Waals surface area contributed by atoms with Gasteiger partial charge in [-0.1, -0.05) is 148 Å². The van der Waals surface area contributed by atoms with Crippen LogP contribution in [0.2, 0.25) is 19.6 Å². The molecule has 0 amide bonds. The molecule has 0 saturated heterocycles. The highest BCUT2D eigenvalue weighted by atomic mass is 32.2. The number of thioether (sulfide) groups is 1. The predicted octanol–water partition coefficient (Wildman–Crippen LogP) is 17.7. The molecule has 0 N–H and O–H groups in total. The number of nitrogens with zero attached hydrogens (tertiary/aromatic N) is 2. The number of hydrogen-bond acceptors (Lipinski definition) is 5. The number of rotatable bonds is 9. The molecule has 65 heavy (non-hydrogen) atoms. The first kappa shape index (κ1) is 39.6. The zero-order valence-electron chi connectivity index (χ0n) is 37.4. The van der Waals surface area contributed by atoms with Crippen molar-refractivity contribution in [1.29, 1.82) is 0 Å². The topological polar surface area (TPSA) is 32.8 Å². The third-order valence-corrected chi connectivity index (χ3v) is 16.1. The van der Waals surface area contributed by atoms with Crippen LogP contribution >= 0.6 is 11.8 Å². The number of hydrogen-bond donors (Lipinski definition) is 0. The van der Waals surface area contributed by atoms with E-state index in [0.29, 0.717) is 5.25 Å². The highest BCUT2D eigenvalue weighted by Gasteiger charge is 2.28. The minimum Gasteiger partial charge on any atom is -0.454 e. The average Bonchev–Trinajstić information content (AvgIpc) is 3.89. The lowest BCUT2D eigenvalue weighted by Crippen LogP contribution is -2.37. The third kappa shape index (κ3) is 6.49. The SMILES string of the molecule is Cc1cc2ccc3c(N(c4ccc(SC(C)C)cc4)c4cccc5c4oc4ccccc45)cc(N(c4ccc([Si](C)(C)C)cc4)c4cccc5c4oc4ccccc45)c4ccc(c1)c2c34. The van der Waals surface area contributed by atoms with Crippen LogP contribution in [0.4, 0.5) is 34.1 Å². The van der Waals surface area contributed by atoms with Gasteiger partial charge < -0.3 is 18.6 Å². The van der Waals surface area contributed by atoms with Gasteiger partial charge in [0, 0.05) is 59.2 Å². The van der Waals surface area contributed by atoms with Gasteiger partial charge in [-0.05, 0) is 95.4 Å². The van der Waals surface area contributed by atoms with E-state index < -0.39 is 8.07 Å². The van der Waals surface area contributed by atoms with E-state index in [2.05, 4.69) is 226 Å². The number of anilines is 6. The molecule has 10 aromatic carbocycles. The van der Waals surface area contributed by atoms with Crippen molar-refractivity contribution in [3.05, 3.63) is 181 Å². The van der Waals surface area contributed by atoms with E-state index in [1.807, 2.05) is 11.8 Å². The fourth-order valence-electron chi connectivity index (χ4n) is 10.1. The van der Waals surface area contributed by atoms with Crippen LogP contribution in [0.25, 0.3) is 76.2 Å². The molecule has 4 nitrogen and oxygen atoms in total. The molecule has 2 aromatic heterocycles. The summed E-state index contributed by atoms with van der Waals surface area (Å²) >= 11 is 1.88. The summed E-state index contributed by atoms with van der Waals surface area (Å²) in [7, 11) is -1.61. The summed E-state index contributed by atoms with van der Waals surface area (Å²) in [6.07, 6.45) is 0. The lowest BCUT2D eigenvalue weighted by atomic mass is 9.90. The predicted molar refractivity (Wildman–Crippen MR) is 283 cm³/mol. The molecule has 0 unspecified atom stereocenters. The smallest absolute Gasteiger partial charge is 0.159 e. The van der Waals surface area contributed by atoms with Crippen molar-refractivity contribution in [3.63, 3.8) is 0 Å². The van der Waals surface area contributed by atoms with E-state index in [4.69, 9.17) is 8.83 Å². The van der Waals surface area contributed by atoms with E-state index in [-0.39, 0.29) is 0 Å². The largest absolute Gasteiger partial charge is 0.454 e. The van der Waals surface area contributed by atoms with Gasteiger partial charge in [-0.15, -0.1) is 11.8 Å². The molecule has 0 aliphatic heterocycles. The number of benzene rings is 10. The summed E-state index contributed by atoms with van der Waals surface area (Å²) in [5.74, 6) is 0. The van der Waals surface area contributed by atoms with Crippen LogP contribution in [-0.4, -0.2) is 13.3 Å². The summed E-state index contributed by atoms with van der Waals surface area (Å²) in [6, 6.07) is 64.7. The number of fused-ring (bicyclic) bond motifs is 6. The molecule has 0 fully saturated rings. The summed E-state index contributed by atoms with van der Waals surface area (Å²) in [4.78, 5) is 6.12. The molecular formula is C59H48N2O2SSi. The summed E-state index contributed by atoms with van der Waals surface area (Å²) in [5, 5.41) is 13.5. The fraction of sp³-hybridized carbons (Fsp3) is 0.119. The number of para-hydroxylation sites is 4. The van der Waals surface area contributed by atoms with Crippen molar-refractivity contribution < 1.29 is 8.83 Å². The Hall–Kier alpha value is -6.99. The van der Waals surface area contributed by atoms with Crippen LogP contribution in [0, 0.1) is 6.92 Å². The van der Waals surface area contributed by atoms with Gasteiger partial charge in [0.2, 0.25) is 0 Å². The van der Waals surface area contributed by atoms with Crippen molar-refractivity contribution in [2.24, 2.45) is 0 Å². The van der Waals surface area contributed by atoms with Crippen LogP contribution in [0.3, 0.4) is 0 Å². The Morgan fingerprint density at radius 2 is 0.923 bits per heavy atom. The Kier molecular flexibility index (Phi) is 9.17. The third-order valence-electron chi connectivity index (χ3n) is 13.0. The maximum atomic E-state index is 6.90. The normalized spacial score (nSPS) is 12.4. The van der Waals surface area contributed by atoms with Crippen LogP contribution in [0.1, 0.15) is 19.4 Å². The lowest BCUT2D eigenvalue weighted by molar-refractivity contribution is 0.669. The van der Waals surface area contributed by atoms with Crippen LogP contribution in [-0.2, 0) is 0 Å². The van der Waals surface area contributed by atoms with Gasteiger partial charge in [0.15, 0.2) is 11.2 Å². The molecule has 12 rings (SSSR count). The van der Waals surface area contributed by atoms with Gasteiger partial charge in [0.1, 0.15) is 11.2 Å². The van der Waals surface area contributed by atoms with Crippen LogP contribution in [0.5, 0.6) is 0 Å². The molecule has 0 aliphatic rings. The van der Waals surface area contributed by atoms with Gasteiger partial charge in [-0.25, -0.2) is 0 Å². The Labute approximate surface area is 384 Å². The molecule has 6 heteroatoms. The highest BCUT2D eigenvalue weighted by molar-refractivity contribution is 7.99. The Bertz CT molecular complexity index is 3770. The molecule has 0 aliphatic carbocycles. The van der Waals surface area contributed by atoms with Gasteiger partial charge in [-0.3, -0.25) is 0 Å². The summed E-state index contributed by atoms with van der Waals surface area (Å²) in [6.45, 7) is 13.9. The Balaban J connectivity index is 1.23. The van der Waals surface area contributed by atoms with Gasteiger partial charge in [0.05, 0.1) is 30.8 Å². The molecule has 0 atom stereocenters. The van der Waals surface area contributed by atoms with Crippen LogP contribution < -0.4 is 15.0 Å². The van der Waals surface area contributed by atoms with Crippen molar-refractivity contribution in [1.82, 2.24) is 0 Å².